The summed E-state index contributed by atoms with van der Waals surface area (Å²) in [4.78, 5) is 1.20. The van der Waals surface area contributed by atoms with Crippen LogP contribution in [0.15, 0.2) is 53.0 Å². The van der Waals surface area contributed by atoms with Gasteiger partial charge in [-0.2, -0.15) is 0 Å². The highest BCUT2D eigenvalue weighted by molar-refractivity contribution is 9.10. The molecule has 0 spiro atoms. The summed E-state index contributed by atoms with van der Waals surface area (Å²) in [5.41, 5.74) is 1.27. The number of thiophene rings is 1. The van der Waals surface area contributed by atoms with Crippen molar-refractivity contribution in [2.75, 3.05) is 0 Å². The van der Waals surface area contributed by atoms with Gasteiger partial charge in [-0.1, -0.05) is 57.9 Å². The Labute approximate surface area is 142 Å². The summed E-state index contributed by atoms with van der Waals surface area (Å²) in [6.45, 7) is 2.96. The predicted molar refractivity (Wildman–Crippen MR) is 96.2 cm³/mol. The molecule has 1 aromatic heterocycles. The van der Waals surface area contributed by atoms with E-state index in [1.807, 2.05) is 6.07 Å². The largest absolute Gasteiger partial charge is 0.305 e. The van der Waals surface area contributed by atoms with E-state index >= 15 is 0 Å². The number of halogens is 2. The Bertz CT molecular complexity index is 751. The molecule has 1 nitrogen and oxygen atoms in total. The van der Waals surface area contributed by atoms with Crippen molar-refractivity contribution in [3.8, 4) is 0 Å². The molecular formula is C17H15BrClNS. The number of nitrogens with one attached hydrogen (secondary N) is 1. The van der Waals surface area contributed by atoms with Crippen LogP contribution in [0.1, 0.15) is 23.4 Å². The summed E-state index contributed by atoms with van der Waals surface area (Å²) in [7, 11) is 0. The molecule has 0 amide bonds. The zero-order chi connectivity index (χ0) is 14.8. The van der Waals surface area contributed by atoms with E-state index in [4.69, 9.17) is 11.6 Å². The predicted octanol–water partition coefficient (Wildman–Crippen LogP) is 6.17. The molecule has 0 aliphatic heterocycles. The van der Waals surface area contributed by atoms with Crippen molar-refractivity contribution in [2.45, 2.75) is 19.5 Å². The Morgan fingerprint density at radius 3 is 2.57 bits per heavy atom. The fourth-order valence-electron chi connectivity index (χ4n) is 2.29. The summed E-state index contributed by atoms with van der Waals surface area (Å²) < 4.78 is 2.35. The van der Waals surface area contributed by atoms with Crippen LogP contribution in [0.4, 0.5) is 0 Å². The highest BCUT2D eigenvalue weighted by Crippen LogP contribution is 2.35. The van der Waals surface area contributed by atoms with Gasteiger partial charge in [0.15, 0.2) is 0 Å². The quantitative estimate of drug-likeness (QED) is 0.571. The number of hydrogen-bond donors (Lipinski definition) is 1. The van der Waals surface area contributed by atoms with Crippen molar-refractivity contribution in [2.24, 2.45) is 0 Å². The van der Waals surface area contributed by atoms with Crippen LogP contribution in [0, 0.1) is 0 Å². The minimum atomic E-state index is 0.291. The van der Waals surface area contributed by atoms with Crippen molar-refractivity contribution in [1.29, 1.82) is 0 Å². The third-order valence-electron chi connectivity index (χ3n) is 3.54. The molecule has 0 bridgehead atoms. The molecule has 21 heavy (non-hydrogen) atoms. The molecule has 0 aliphatic carbocycles. The monoisotopic (exact) mass is 379 g/mol. The van der Waals surface area contributed by atoms with Crippen LogP contribution in [0.5, 0.6) is 0 Å². The normalized spacial score (nSPS) is 12.7. The molecule has 0 aliphatic rings. The summed E-state index contributed by atoms with van der Waals surface area (Å²) in [5, 5.41) is 5.58. The molecule has 3 aromatic rings. The third kappa shape index (κ3) is 3.32. The fourth-order valence-corrected chi connectivity index (χ4v) is 4.01. The van der Waals surface area contributed by atoms with Gasteiger partial charge in [0.25, 0.3) is 0 Å². The highest BCUT2D eigenvalue weighted by atomic mass is 79.9. The molecule has 0 saturated carbocycles. The zero-order valence-electron chi connectivity index (χ0n) is 11.6. The molecule has 1 heterocycles. The van der Waals surface area contributed by atoms with Crippen LogP contribution in [-0.2, 0) is 6.54 Å². The lowest BCUT2D eigenvalue weighted by Crippen LogP contribution is -2.17. The summed E-state index contributed by atoms with van der Waals surface area (Å²) in [5.74, 6) is 0. The molecule has 0 unspecified atom stereocenters. The van der Waals surface area contributed by atoms with E-state index in [1.54, 1.807) is 11.3 Å². The third-order valence-corrected chi connectivity index (χ3v) is 5.78. The molecule has 4 heteroatoms. The fraction of sp³-hybridized carbons (Fsp3) is 0.176. The van der Waals surface area contributed by atoms with Crippen molar-refractivity contribution in [1.82, 2.24) is 5.32 Å². The Morgan fingerprint density at radius 2 is 1.86 bits per heavy atom. The van der Waals surface area contributed by atoms with Crippen molar-refractivity contribution in [3.05, 3.63) is 68.5 Å². The Balaban J connectivity index is 1.74. The maximum absolute atomic E-state index is 6.47. The number of fused-ring (bicyclic) bond motifs is 1. The number of benzene rings is 2. The van der Waals surface area contributed by atoms with Crippen LogP contribution >= 0.6 is 38.9 Å². The topological polar surface area (TPSA) is 12.0 Å². The summed E-state index contributed by atoms with van der Waals surface area (Å²) >= 11 is 11.7. The van der Waals surface area contributed by atoms with E-state index in [0.29, 0.717) is 6.04 Å². The van der Waals surface area contributed by atoms with Gasteiger partial charge in [0.2, 0.25) is 0 Å². The minimum absolute atomic E-state index is 0.291. The van der Waals surface area contributed by atoms with Gasteiger partial charge >= 0.3 is 0 Å². The highest BCUT2D eigenvalue weighted by Gasteiger charge is 2.11. The lowest BCUT2D eigenvalue weighted by Gasteiger charge is -2.13. The molecule has 0 radical (unpaired) electrons. The smallest absolute Gasteiger partial charge is 0.0636 e. The van der Waals surface area contributed by atoms with Gasteiger partial charge in [-0.3, -0.25) is 0 Å². The summed E-state index contributed by atoms with van der Waals surface area (Å²) in [6, 6.07) is 17.0. The molecule has 0 fully saturated rings. The molecular weight excluding hydrogens is 366 g/mol. The molecule has 2 aromatic carbocycles. The van der Waals surface area contributed by atoms with Crippen molar-refractivity contribution in [3.63, 3.8) is 0 Å². The van der Waals surface area contributed by atoms with Crippen LogP contribution in [0.3, 0.4) is 0 Å². The van der Waals surface area contributed by atoms with Gasteiger partial charge < -0.3 is 5.32 Å². The second-order valence-corrected chi connectivity index (χ2v) is 7.42. The molecule has 1 atom stereocenters. The Morgan fingerprint density at radius 1 is 1.14 bits per heavy atom. The number of hydrogen-bond acceptors (Lipinski definition) is 2. The van der Waals surface area contributed by atoms with Gasteiger partial charge in [0, 0.05) is 32.0 Å². The summed E-state index contributed by atoms with van der Waals surface area (Å²) in [6.07, 6.45) is 0. The SMILES string of the molecule is C[C@H](NCc1sc2ccccc2c1Cl)c1ccc(Br)cc1. The van der Waals surface area contributed by atoms with Crippen LogP contribution < -0.4 is 5.32 Å². The van der Waals surface area contributed by atoms with Gasteiger partial charge in [-0.25, -0.2) is 0 Å². The first kappa shape index (κ1) is 15.0. The molecule has 0 saturated heterocycles. The maximum atomic E-state index is 6.47. The van der Waals surface area contributed by atoms with E-state index in [2.05, 4.69) is 70.6 Å². The maximum Gasteiger partial charge on any atom is 0.0636 e. The van der Waals surface area contributed by atoms with E-state index < -0.39 is 0 Å². The Hall–Kier alpha value is -0.870. The average Bonchev–Trinajstić information content (AvgIpc) is 2.82. The van der Waals surface area contributed by atoms with E-state index in [1.165, 1.54) is 15.1 Å². The molecule has 108 valence electrons. The van der Waals surface area contributed by atoms with Gasteiger partial charge in [-0.05, 0) is 30.7 Å². The second kappa shape index (κ2) is 6.49. The van der Waals surface area contributed by atoms with E-state index in [-0.39, 0.29) is 0 Å². The van der Waals surface area contributed by atoms with Crippen LogP contribution in [0.2, 0.25) is 5.02 Å². The van der Waals surface area contributed by atoms with E-state index in [9.17, 15) is 0 Å². The Kier molecular flexibility index (Phi) is 4.65. The van der Waals surface area contributed by atoms with E-state index in [0.717, 1.165) is 21.4 Å². The first-order valence-electron chi connectivity index (χ1n) is 6.80. The van der Waals surface area contributed by atoms with Crippen LogP contribution in [-0.4, -0.2) is 0 Å². The lowest BCUT2D eigenvalue weighted by molar-refractivity contribution is 0.579. The van der Waals surface area contributed by atoms with Gasteiger partial charge in [-0.15, -0.1) is 11.3 Å². The van der Waals surface area contributed by atoms with Gasteiger partial charge in [0.1, 0.15) is 0 Å². The molecule has 3 rings (SSSR count). The standard InChI is InChI=1S/C17H15BrClNS/c1-11(12-6-8-13(18)9-7-12)20-10-16-17(19)14-4-2-3-5-15(14)21-16/h2-9,11,20H,10H2,1H3/t11-/m0/s1. The zero-order valence-corrected chi connectivity index (χ0v) is 14.7. The van der Waals surface area contributed by atoms with Crippen molar-refractivity contribution >= 4 is 49.0 Å². The lowest BCUT2D eigenvalue weighted by atomic mass is 10.1. The molecule has 1 N–H and O–H groups in total. The van der Waals surface area contributed by atoms with Crippen molar-refractivity contribution < 1.29 is 0 Å². The first-order valence-corrected chi connectivity index (χ1v) is 8.78. The number of rotatable bonds is 4. The minimum Gasteiger partial charge on any atom is -0.305 e. The second-order valence-electron chi connectivity index (χ2n) is 4.99. The first-order chi connectivity index (χ1) is 10.1. The van der Waals surface area contributed by atoms with Crippen LogP contribution in [0.25, 0.3) is 10.1 Å². The van der Waals surface area contributed by atoms with Gasteiger partial charge in [0.05, 0.1) is 5.02 Å². The average molecular weight is 381 g/mol.